The van der Waals surface area contributed by atoms with Gasteiger partial charge in [0.05, 0.1) is 6.10 Å². The number of nitrogens with zero attached hydrogens (tertiary/aromatic N) is 1. The molecule has 0 unspecified atom stereocenters. The first-order valence-corrected chi connectivity index (χ1v) is 7.87. The van der Waals surface area contributed by atoms with Gasteiger partial charge in [0.1, 0.15) is 0 Å². The molecule has 1 N–H and O–H groups in total. The molecule has 0 saturated heterocycles. The molecule has 0 aliphatic carbocycles. The second kappa shape index (κ2) is 6.49. The molecule has 2 rings (SSSR count). The molecule has 118 valence electrons. The molecule has 0 heterocycles. The molecule has 0 bridgehead atoms. The van der Waals surface area contributed by atoms with Crippen molar-refractivity contribution in [2.45, 2.75) is 52.8 Å². The first-order chi connectivity index (χ1) is 10.3. The van der Waals surface area contributed by atoms with Crippen LogP contribution >= 0.6 is 0 Å². The van der Waals surface area contributed by atoms with Crippen LogP contribution in [0.1, 0.15) is 56.6 Å². The topological polar surface area (TPSA) is 40.5 Å². The second-order valence-corrected chi connectivity index (χ2v) is 6.33. The molecular weight excluding hydrogens is 274 g/mol. The van der Waals surface area contributed by atoms with E-state index in [9.17, 15) is 9.90 Å². The van der Waals surface area contributed by atoms with Gasteiger partial charge in [-0.05, 0) is 51.6 Å². The number of carbonyl (C=O) groups excluding carboxylic acids is 1. The second-order valence-electron chi connectivity index (χ2n) is 6.33. The quantitative estimate of drug-likeness (QED) is 0.921. The Labute approximate surface area is 132 Å². The number of carbonyl (C=O) groups is 1. The highest BCUT2D eigenvalue weighted by Gasteiger charge is 2.24. The summed E-state index contributed by atoms with van der Waals surface area (Å²) < 4.78 is 0. The lowest BCUT2D eigenvalue weighted by atomic mass is 9.95. The van der Waals surface area contributed by atoms with Gasteiger partial charge in [0.2, 0.25) is 0 Å². The van der Waals surface area contributed by atoms with Gasteiger partial charge in [-0.1, -0.05) is 30.3 Å². The Morgan fingerprint density at radius 1 is 0.955 bits per heavy atom. The van der Waals surface area contributed by atoms with Crippen LogP contribution in [0.3, 0.4) is 0 Å². The fourth-order valence-electron chi connectivity index (χ4n) is 3.10. The Hall–Kier alpha value is -1.87. The van der Waals surface area contributed by atoms with Gasteiger partial charge in [-0.15, -0.1) is 0 Å². The van der Waals surface area contributed by atoms with E-state index in [-0.39, 0.29) is 18.0 Å². The van der Waals surface area contributed by atoms with Crippen LogP contribution in [0.5, 0.6) is 0 Å². The number of rotatable bonds is 4. The van der Waals surface area contributed by atoms with E-state index in [2.05, 4.69) is 0 Å². The van der Waals surface area contributed by atoms with Crippen LogP contribution < -0.4 is 0 Å². The number of aliphatic hydroxyl groups is 1. The maximum atomic E-state index is 13.1. The summed E-state index contributed by atoms with van der Waals surface area (Å²) in [6.45, 7) is 9.84. The van der Waals surface area contributed by atoms with Crippen molar-refractivity contribution in [1.29, 1.82) is 0 Å². The molecule has 0 aliphatic rings. The zero-order valence-corrected chi connectivity index (χ0v) is 14.0. The third-order valence-corrected chi connectivity index (χ3v) is 3.96. The maximum absolute atomic E-state index is 13.1. The number of benzene rings is 2. The largest absolute Gasteiger partial charge is 0.389 e. The molecule has 0 spiro atoms. The van der Waals surface area contributed by atoms with Crippen molar-refractivity contribution >= 4 is 16.7 Å². The van der Waals surface area contributed by atoms with E-state index in [1.165, 1.54) is 0 Å². The molecule has 0 aliphatic heterocycles. The van der Waals surface area contributed by atoms with Crippen LogP contribution in [0.25, 0.3) is 10.8 Å². The molecule has 0 fully saturated rings. The third kappa shape index (κ3) is 3.00. The van der Waals surface area contributed by atoms with E-state index < -0.39 is 6.10 Å². The molecular formula is C19H25NO2. The molecule has 0 aromatic heterocycles. The molecule has 3 heteroatoms. The van der Waals surface area contributed by atoms with Gasteiger partial charge >= 0.3 is 0 Å². The van der Waals surface area contributed by atoms with Crippen molar-refractivity contribution < 1.29 is 9.90 Å². The summed E-state index contributed by atoms with van der Waals surface area (Å²) in [4.78, 5) is 14.9. The van der Waals surface area contributed by atoms with Crippen molar-refractivity contribution in [1.82, 2.24) is 4.90 Å². The van der Waals surface area contributed by atoms with E-state index in [4.69, 9.17) is 0 Å². The zero-order chi connectivity index (χ0) is 16.4. The summed E-state index contributed by atoms with van der Waals surface area (Å²) in [6.07, 6.45) is -0.607. The van der Waals surface area contributed by atoms with Gasteiger partial charge in [-0.2, -0.15) is 0 Å². The Morgan fingerprint density at radius 2 is 1.50 bits per heavy atom. The zero-order valence-electron chi connectivity index (χ0n) is 14.0. The van der Waals surface area contributed by atoms with E-state index in [0.717, 1.165) is 16.3 Å². The molecule has 2 aromatic rings. The molecule has 0 radical (unpaired) electrons. The van der Waals surface area contributed by atoms with Gasteiger partial charge in [0.25, 0.3) is 5.91 Å². The van der Waals surface area contributed by atoms with Crippen LogP contribution in [-0.2, 0) is 0 Å². The van der Waals surface area contributed by atoms with Crippen molar-refractivity contribution in [2.24, 2.45) is 0 Å². The highest BCUT2D eigenvalue weighted by molar-refractivity contribution is 6.08. The van der Waals surface area contributed by atoms with Crippen LogP contribution in [-0.4, -0.2) is 28.0 Å². The highest BCUT2D eigenvalue weighted by Crippen LogP contribution is 2.29. The molecule has 3 nitrogen and oxygen atoms in total. The SMILES string of the molecule is CC(C)N(C(=O)c1cccc2cccc([C@@H](C)O)c12)C(C)C. The molecule has 1 amide bonds. The summed E-state index contributed by atoms with van der Waals surface area (Å²) in [6, 6.07) is 11.8. The number of hydrogen-bond donors (Lipinski definition) is 1. The van der Waals surface area contributed by atoms with Crippen molar-refractivity contribution in [3.63, 3.8) is 0 Å². The van der Waals surface area contributed by atoms with Crippen molar-refractivity contribution in [2.75, 3.05) is 0 Å². The average molecular weight is 299 g/mol. The van der Waals surface area contributed by atoms with Crippen molar-refractivity contribution in [3.8, 4) is 0 Å². The van der Waals surface area contributed by atoms with Gasteiger partial charge in [0.15, 0.2) is 0 Å². The van der Waals surface area contributed by atoms with Gasteiger partial charge in [0, 0.05) is 23.0 Å². The van der Waals surface area contributed by atoms with Crippen LogP contribution in [0, 0.1) is 0 Å². The van der Waals surface area contributed by atoms with E-state index in [0.29, 0.717) is 5.56 Å². The van der Waals surface area contributed by atoms with Gasteiger partial charge < -0.3 is 10.0 Å². The van der Waals surface area contributed by atoms with Crippen LogP contribution in [0.2, 0.25) is 0 Å². The Morgan fingerprint density at radius 3 is 2.00 bits per heavy atom. The van der Waals surface area contributed by atoms with Crippen LogP contribution in [0.15, 0.2) is 36.4 Å². The minimum atomic E-state index is -0.607. The molecule has 2 aromatic carbocycles. The number of aliphatic hydroxyl groups excluding tert-OH is 1. The highest BCUT2D eigenvalue weighted by atomic mass is 16.3. The fraction of sp³-hybridized carbons (Fsp3) is 0.421. The summed E-state index contributed by atoms with van der Waals surface area (Å²) in [5, 5.41) is 11.9. The molecule has 22 heavy (non-hydrogen) atoms. The predicted molar refractivity (Wildman–Crippen MR) is 91.0 cm³/mol. The Balaban J connectivity index is 2.67. The lowest BCUT2D eigenvalue weighted by Crippen LogP contribution is -2.42. The predicted octanol–water partition coefficient (Wildman–Crippen LogP) is 4.15. The smallest absolute Gasteiger partial charge is 0.254 e. The van der Waals surface area contributed by atoms with E-state index in [1.54, 1.807) is 6.92 Å². The lowest BCUT2D eigenvalue weighted by Gasteiger charge is -2.31. The fourth-order valence-corrected chi connectivity index (χ4v) is 3.10. The van der Waals surface area contributed by atoms with Crippen LogP contribution in [0.4, 0.5) is 0 Å². The summed E-state index contributed by atoms with van der Waals surface area (Å²) in [7, 11) is 0. The first-order valence-electron chi connectivity index (χ1n) is 7.87. The summed E-state index contributed by atoms with van der Waals surface area (Å²) in [5.41, 5.74) is 1.46. The number of amides is 1. The van der Waals surface area contributed by atoms with Crippen molar-refractivity contribution in [3.05, 3.63) is 47.5 Å². The monoisotopic (exact) mass is 299 g/mol. The minimum absolute atomic E-state index is 0.0173. The first kappa shape index (κ1) is 16.5. The van der Waals surface area contributed by atoms with E-state index in [1.807, 2.05) is 69.0 Å². The lowest BCUT2D eigenvalue weighted by molar-refractivity contribution is 0.0645. The Bertz CT molecular complexity index is 661. The summed E-state index contributed by atoms with van der Waals surface area (Å²) >= 11 is 0. The normalized spacial score (nSPS) is 12.9. The minimum Gasteiger partial charge on any atom is -0.389 e. The Kier molecular flexibility index (Phi) is 4.87. The average Bonchev–Trinajstić information content (AvgIpc) is 2.44. The maximum Gasteiger partial charge on any atom is 0.254 e. The summed E-state index contributed by atoms with van der Waals surface area (Å²) in [5.74, 6) is 0.0173. The third-order valence-electron chi connectivity index (χ3n) is 3.96. The molecule has 1 atom stereocenters. The van der Waals surface area contributed by atoms with Gasteiger partial charge in [-0.3, -0.25) is 4.79 Å². The van der Waals surface area contributed by atoms with Gasteiger partial charge in [-0.25, -0.2) is 0 Å². The van der Waals surface area contributed by atoms with E-state index >= 15 is 0 Å². The number of hydrogen-bond acceptors (Lipinski definition) is 2. The molecule has 0 saturated carbocycles. The number of fused-ring (bicyclic) bond motifs is 1. The standard InChI is InChI=1S/C19H25NO2/c1-12(2)20(13(3)4)19(22)17-11-7-9-15-8-6-10-16(14(5)21)18(15)17/h6-14,21H,1-5H3/t14-/m1/s1.